The van der Waals surface area contributed by atoms with Crippen molar-refractivity contribution in [3.8, 4) is 34.4 Å². The van der Waals surface area contributed by atoms with Gasteiger partial charge in [0.25, 0.3) is 0 Å². The fraction of sp³-hybridized carbons (Fsp3) is 0.333. The van der Waals surface area contributed by atoms with Gasteiger partial charge < -0.3 is 0 Å². The van der Waals surface area contributed by atoms with E-state index in [1.54, 1.807) is 34.0 Å². The number of benzene rings is 1. The summed E-state index contributed by atoms with van der Waals surface area (Å²) in [6.07, 6.45) is 0. The van der Waals surface area contributed by atoms with Crippen LogP contribution in [0.4, 0.5) is 0 Å². The van der Waals surface area contributed by atoms with E-state index in [9.17, 15) is 0 Å². The van der Waals surface area contributed by atoms with E-state index in [4.69, 9.17) is 0 Å². The first-order chi connectivity index (χ1) is 15.2. The van der Waals surface area contributed by atoms with E-state index in [-0.39, 0.29) is 0 Å². The number of thiophene rings is 3. The normalized spacial score (nSPS) is 12.3. The van der Waals surface area contributed by atoms with Crippen LogP contribution in [-0.2, 0) is 0 Å². The highest BCUT2D eigenvalue weighted by Crippen LogP contribution is 2.45. The topological polar surface area (TPSA) is 0 Å². The van der Waals surface area contributed by atoms with Crippen molar-refractivity contribution in [1.82, 2.24) is 0 Å². The molecule has 0 radical (unpaired) electrons. The van der Waals surface area contributed by atoms with Gasteiger partial charge in [-0.2, -0.15) is 0 Å². The highest BCUT2D eigenvalue weighted by molar-refractivity contribution is 7.15. The third-order valence-corrected chi connectivity index (χ3v) is 10.1. The van der Waals surface area contributed by atoms with Crippen LogP contribution in [0.15, 0.2) is 16.1 Å². The van der Waals surface area contributed by atoms with Gasteiger partial charge in [0.05, 0.1) is 14.6 Å². The molecule has 33 heavy (non-hydrogen) atoms. The zero-order chi connectivity index (χ0) is 24.2. The molecule has 1 aromatic carbocycles. The zero-order valence-corrected chi connectivity index (χ0v) is 26.4. The van der Waals surface area contributed by atoms with E-state index in [2.05, 4.69) is 109 Å². The van der Waals surface area contributed by atoms with Crippen molar-refractivity contribution in [3.05, 3.63) is 30.8 Å². The van der Waals surface area contributed by atoms with Gasteiger partial charge in [0, 0.05) is 48.5 Å². The smallest absolute Gasteiger partial charge is 0.129 e. The molecule has 0 aliphatic carbocycles. The highest BCUT2D eigenvalue weighted by Gasteiger charge is 2.20. The zero-order valence-electron chi connectivity index (χ0n) is 21.0. The summed E-state index contributed by atoms with van der Waals surface area (Å²) in [4.78, 5) is 3.58. The molecule has 3 aromatic heterocycles. The largest absolute Gasteiger partial charge is 0.134 e. The third-order valence-electron chi connectivity index (χ3n) is 4.83. The van der Waals surface area contributed by atoms with Crippen molar-refractivity contribution in [2.75, 3.05) is 0 Å². The molecule has 0 amide bonds. The average Bonchev–Trinajstić information content (AvgIpc) is 3.36. The molecule has 0 saturated heterocycles. The summed E-state index contributed by atoms with van der Waals surface area (Å²) < 4.78 is 0. The Morgan fingerprint density at radius 2 is 0.697 bits per heavy atom. The predicted molar refractivity (Wildman–Crippen MR) is 163 cm³/mol. The molecular weight excluding hydrogens is 505 g/mol. The molecule has 0 unspecified atom stereocenters. The Hall–Kier alpha value is -1.57. The van der Waals surface area contributed by atoms with Crippen molar-refractivity contribution >= 4 is 90.5 Å². The Bertz CT molecular complexity index is 1350. The average molecular weight is 535 g/mol. The highest BCUT2D eigenvalue weighted by atomic mass is 32.1. The van der Waals surface area contributed by atoms with Crippen molar-refractivity contribution in [1.29, 1.82) is 0 Å². The number of fused-ring (bicyclic) bond motifs is 6. The lowest BCUT2D eigenvalue weighted by Crippen LogP contribution is -2.16. The lowest BCUT2D eigenvalue weighted by atomic mass is 9.99. The molecule has 0 fully saturated rings. The van der Waals surface area contributed by atoms with Crippen LogP contribution in [0.25, 0.3) is 32.3 Å². The van der Waals surface area contributed by atoms with Gasteiger partial charge in [0.15, 0.2) is 0 Å². The Labute approximate surface area is 213 Å². The molecule has 0 atom stereocenters. The lowest BCUT2D eigenvalue weighted by molar-refractivity contribution is 1.81. The monoisotopic (exact) mass is 534 g/mol. The Morgan fingerprint density at radius 1 is 0.455 bits per heavy atom. The third kappa shape index (κ3) is 5.41. The minimum atomic E-state index is -1.47. The second-order valence-corrected chi connectivity index (χ2v) is 28.4. The number of hydrogen-bond acceptors (Lipinski definition) is 3. The van der Waals surface area contributed by atoms with Gasteiger partial charge in [0.2, 0.25) is 0 Å². The molecule has 4 rings (SSSR count). The minimum Gasteiger partial charge on any atom is -0.134 e. The Balaban J connectivity index is 2.14. The molecule has 0 bridgehead atoms. The molecule has 0 aliphatic rings. The van der Waals surface area contributed by atoms with Crippen LogP contribution in [0.5, 0.6) is 0 Å². The van der Waals surface area contributed by atoms with Crippen molar-refractivity contribution < 1.29 is 0 Å². The van der Waals surface area contributed by atoms with Crippen LogP contribution in [0.2, 0.25) is 58.9 Å². The molecule has 6 heteroatoms. The first kappa shape index (κ1) is 24.6. The van der Waals surface area contributed by atoms with E-state index >= 15 is 0 Å². The first-order valence-corrected chi connectivity index (χ1v) is 24.3. The maximum Gasteiger partial charge on any atom is 0.129 e. The van der Waals surface area contributed by atoms with Crippen molar-refractivity contribution in [2.45, 2.75) is 58.9 Å². The first-order valence-electron chi connectivity index (χ1n) is 11.2. The molecule has 0 N–H and O–H groups in total. The Morgan fingerprint density at radius 3 is 0.909 bits per heavy atom. The van der Waals surface area contributed by atoms with Gasteiger partial charge in [-0.15, -0.1) is 50.6 Å². The van der Waals surface area contributed by atoms with E-state index in [1.165, 1.54) is 46.9 Å². The van der Waals surface area contributed by atoms with Crippen LogP contribution in [0, 0.1) is 34.4 Å². The summed E-state index contributed by atoms with van der Waals surface area (Å²) in [5.74, 6) is 10.7. The summed E-state index contributed by atoms with van der Waals surface area (Å²) >= 11 is 5.35. The summed E-state index contributed by atoms with van der Waals surface area (Å²) in [5.41, 5.74) is 10.8. The van der Waals surface area contributed by atoms with Crippen molar-refractivity contribution in [2.24, 2.45) is 0 Å². The summed E-state index contributed by atoms with van der Waals surface area (Å²) in [5, 5.41) is 14.8. The fourth-order valence-electron chi connectivity index (χ4n) is 3.44. The van der Waals surface area contributed by atoms with E-state index < -0.39 is 24.2 Å². The number of hydrogen-bond donors (Lipinski definition) is 0. The van der Waals surface area contributed by atoms with Gasteiger partial charge >= 0.3 is 0 Å². The molecule has 0 saturated carbocycles. The maximum absolute atomic E-state index is 3.60. The SMILES string of the molecule is C[Si](C)(C)C#Cc1scc2c1c1csc(C#C[Si](C)(C)C)c1c1csc(C#C[Si](C)(C)C)c21. The minimum absolute atomic E-state index is 1.19. The molecule has 0 nitrogen and oxygen atoms in total. The van der Waals surface area contributed by atoms with E-state index in [0.29, 0.717) is 0 Å². The summed E-state index contributed by atoms with van der Waals surface area (Å²) in [6, 6.07) is 0. The molecule has 0 aliphatic heterocycles. The quantitative estimate of drug-likeness (QED) is 0.156. The van der Waals surface area contributed by atoms with Crippen LogP contribution in [0.1, 0.15) is 14.6 Å². The van der Waals surface area contributed by atoms with Crippen LogP contribution < -0.4 is 0 Å². The standard InChI is InChI=1S/C27H30S3Si3/c1-31(2,3)13-10-22-25-19(16-28-22)26-21(18-30-23(26)11-14-32(4,5)6)27-20(25)17-29-24(27)12-15-33(7,8)9/h16-18H,1-9H3. The molecule has 0 spiro atoms. The van der Waals surface area contributed by atoms with E-state index in [1.807, 2.05) is 0 Å². The van der Waals surface area contributed by atoms with Crippen molar-refractivity contribution in [3.63, 3.8) is 0 Å². The molecule has 4 aromatic rings. The number of rotatable bonds is 0. The predicted octanol–water partition coefficient (Wildman–Crippen LogP) is 9.02. The fourth-order valence-corrected chi connectivity index (χ4v) is 7.97. The van der Waals surface area contributed by atoms with Gasteiger partial charge in [-0.25, -0.2) is 0 Å². The van der Waals surface area contributed by atoms with Gasteiger partial charge in [0.1, 0.15) is 24.2 Å². The van der Waals surface area contributed by atoms with Gasteiger partial charge in [-0.3, -0.25) is 0 Å². The van der Waals surface area contributed by atoms with Crippen LogP contribution in [-0.4, -0.2) is 24.2 Å². The second kappa shape index (κ2) is 8.58. The van der Waals surface area contributed by atoms with Gasteiger partial charge in [-0.1, -0.05) is 76.7 Å². The molecule has 168 valence electrons. The van der Waals surface area contributed by atoms with Crippen LogP contribution >= 0.6 is 34.0 Å². The van der Waals surface area contributed by atoms with E-state index in [0.717, 1.165) is 0 Å². The molecule has 3 heterocycles. The Kier molecular flexibility index (Phi) is 6.38. The lowest BCUT2D eigenvalue weighted by Gasteiger charge is -2.05. The van der Waals surface area contributed by atoms with Crippen LogP contribution in [0.3, 0.4) is 0 Å². The summed E-state index contributed by atoms with van der Waals surface area (Å²) in [6.45, 7) is 20.8. The maximum atomic E-state index is 3.60. The molecular formula is C27H30S3Si3. The van der Waals surface area contributed by atoms with Gasteiger partial charge in [-0.05, 0) is 0 Å². The second-order valence-electron chi connectivity index (χ2n) is 11.6. The summed E-state index contributed by atoms with van der Waals surface area (Å²) in [7, 11) is -4.40.